The van der Waals surface area contributed by atoms with Gasteiger partial charge >= 0.3 is 5.76 Å². The molecule has 0 unspecified atom stereocenters. The molecule has 0 aliphatic carbocycles. The van der Waals surface area contributed by atoms with Crippen molar-refractivity contribution in [1.82, 2.24) is 9.29 Å². The van der Waals surface area contributed by atoms with E-state index in [4.69, 9.17) is 4.42 Å². The molecule has 2 aromatic rings. The summed E-state index contributed by atoms with van der Waals surface area (Å²) in [6.07, 6.45) is 0.711. The smallest absolute Gasteiger partial charge is 0.408 e. The van der Waals surface area contributed by atoms with Crippen molar-refractivity contribution in [2.45, 2.75) is 31.7 Å². The number of aryl methyl sites for hydroxylation is 1. The number of aromatic nitrogens is 1. The van der Waals surface area contributed by atoms with Crippen molar-refractivity contribution in [3.63, 3.8) is 0 Å². The van der Waals surface area contributed by atoms with E-state index in [1.54, 1.807) is 6.07 Å². The van der Waals surface area contributed by atoms with E-state index < -0.39 is 15.8 Å². The highest BCUT2D eigenvalue weighted by molar-refractivity contribution is 7.89. The second-order valence-corrected chi connectivity index (χ2v) is 5.91. The number of hydrogen-bond donors (Lipinski definition) is 1. The monoisotopic (exact) mass is 284 g/mol. The molecule has 0 saturated heterocycles. The summed E-state index contributed by atoms with van der Waals surface area (Å²) >= 11 is 0. The summed E-state index contributed by atoms with van der Waals surface area (Å²) < 4.78 is 32.9. The van der Waals surface area contributed by atoms with Gasteiger partial charge in [0, 0.05) is 19.2 Å². The van der Waals surface area contributed by atoms with Crippen LogP contribution in [0.5, 0.6) is 0 Å². The van der Waals surface area contributed by atoms with E-state index in [9.17, 15) is 13.2 Å². The third kappa shape index (κ3) is 2.57. The maximum Gasteiger partial charge on any atom is 0.419 e. The normalized spacial score (nSPS) is 12.1. The maximum absolute atomic E-state index is 12.0. The van der Waals surface area contributed by atoms with Crippen LogP contribution < -0.4 is 10.5 Å². The largest absolute Gasteiger partial charge is 0.419 e. The number of nitrogens with one attached hydrogen (secondary N) is 1. The lowest BCUT2D eigenvalue weighted by atomic mass is 10.3. The minimum Gasteiger partial charge on any atom is -0.408 e. The van der Waals surface area contributed by atoms with Gasteiger partial charge in [-0.25, -0.2) is 17.9 Å². The van der Waals surface area contributed by atoms with E-state index in [2.05, 4.69) is 4.72 Å². The third-order valence-electron chi connectivity index (χ3n) is 2.81. The molecule has 104 valence electrons. The highest BCUT2D eigenvalue weighted by atomic mass is 32.2. The van der Waals surface area contributed by atoms with Crippen LogP contribution in [0.25, 0.3) is 11.1 Å². The summed E-state index contributed by atoms with van der Waals surface area (Å²) in [6, 6.07) is 4.44. The van der Waals surface area contributed by atoms with Crippen molar-refractivity contribution in [2.75, 3.05) is 6.54 Å². The van der Waals surface area contributed by atoms with Crippen LogP contribution in [0.4, 0.5) is 0 Å². The minimum atomic E-state index is -3.55. The molecule has 0 spiro atoms. The van der Waals surface area contributed by atoms with E-state index in [0.29, 0.717) is 25.0 Å². The minimum absolute atomic E-state index is 0.102. The number of oxazole rings is 1. The Balaban J connectivity index is 2.51. The number of sulfonamides is 1. The van der Waals surface area contributed by atoms with Gasteiger partial charge in [0.25, 0.3) is 0 Å². The fraction of sp³-hybridized carbons (Fsp3) is 0.417. The predicted molar refractivity (Wildman–Crippen MR) is 71.6 cm³/mol. The van der Waals surface area contributed by atoms with E-state index in [-0.39, 0.29) is 10.5 Å². The first-order chi connectivity index (χ1) is 8.99. The molecule has 1 aromatic carbocycles. The van der Waals surface area contributed by atoms with Gasteiger partial charge in [-0.15, -0.1) is 0 Å². The first-order valence-electron chi connectivity index (χ1n) is 6.12. The lowest BCUT2D eigenvalue weighted by molar-refractivity contribution is 0.512. The fourth-order valence-electron chi connectivity index (χ4n) is 1.83. The zero-order valence-electron chi connectivity index (χ0n) is 10.8. The number of hydrogen-bond acceptors (Lipinski definition) is 4. The molecule has 1 aromatic heterocycles. The summed E-state index contributed by atoms with van der Waals surface area (Å²) in [5.41, 5.74) is 0.883. The van der Waals surface area contributed by atoms with Crippen molar-refractivity contribution in [2.24, 2.45) is 0 Å². The van der Waals surface area contributed by atoms with Crippen LogP contribution >= 0.6 is 0 Å². The Kier molecular flexibility index (Phi) is 3.77. The summed E-state index contributed by atoms with van der Waals surface area (Å²) in [7, 11) is -3.55. The third-order valence-corrected chi connectivity index (χ3v) is 4.27. The zero-order chi connectivity index (χ0) is 14.0. The van der Waals surface area contributed by atoms with Crippen LogP contribution in [-0.2, 0) is 16.6 Å². The number of fused-ring (bicyclic) bond motifs is 1. The van der Waals surface area contributed by atoms with Crippen LogP contribution in [0.3, 0.4) is 0 Å². The molecule has 0 fully saturated rings. The quantitative estimate of drug-likeness (QED) is 0.897. The van der Waals surface area contributed by atoms with Gasteiger partial charge in [-0.05, 0) is 25.5 Å². The van der Waals surface area contributed by atoms with Gasteiger partial charge in [0.15, 0.2) is 5.58 Å². The highest BCUT2D eigenvalue weighted by Crippen LogP contribution is 2.18. The van der Waals surface area contributed by atoms with Gasteiger partial charge in [0.05, 0.1) is 10.4 Å². The molecule has 0 saturated carbocycles. The van der Waals surface area contributed by atoms with Crippen molar-refractivity contribution in [3.8, 4) is 0 Å². The molecule has 0 bridgehead atoms. The topological polar surface area (TPSA) is 81.3 Å². The SMILES string of the molecule is CCCNS(=O)(=O)c1ccc2c(c1)oc(=O)n2CC. The van der Waals surface area contributed by atoms with Gasteiger partial charge < -0.3 is 4.42 Å². The Labute approximate surface area is 111 Å². The number of nitrogens with zero attached hydrogens (tertiary/aromatic N) is 1. The van der Waals surface area contributed by atoms with Gasteiger partial charge in [0.2, 0.25) is 10.0 Å². The van der Waals surface area contributed by atoms with E-state index >= 15 is 0 Å². The molecule has 6 nitrogen and oxygen atoms in total. The zero-order valence-corrected chi connectivity index (χ0v) is 11.7. The molecule has 19 heavy (non-hydrogen) atoms. The molecule has 1 heterocycles. The summed E-state index contributed by atoms with van der Waals surface area (Å²) in [6.45, 7) is 4.56. The summed E-state index contributed by atoms with van der Waals surface area (Å²) in [5, 5.41) is 0. The van der Waals surface area contributed by atoms with E-state index in [1.807, 2.05) is 13.8 Å². The molecule has 0 aliphatic heterocycles. The van der Waals surface area contributed by atoms with Crippen LogP contribution in [-0.4, -0.2) is 19.5 Å². The first-order valence-corrected chi connectivity index (χ1v) is 7.61. The van der Waals surface area contributed by atoms with Crippen LogP contribution in [0.2, 0.25) is 0 Å². The highest BCUT2D eigenvalue weighted by Gasteiger charge is 2.16. The number of benzene rings is 1. The van der Waals surface area contributed by atoms with Crippen LogP contribution in [0.15, 0.2) is 32.3 Å². The Morgan fingerprint density at radius 2 is 2.05 bits per heavy atom. The van der Waals surface area contributed by atoms with Gasteiger partial charge in [-0.1, -0.05) is 6.92 Å². The van der Waals surface area contributed by atoms with Crippen molar-refractivity contribution in [3.05, 3.63) is 28.7 Å². The predicted octanol–water partition coefficient (Wildman–Crippen LogP) is 1.30. The Morgan fingerprint density at radius 3 is 2.68 bits per heavy atom. The molecule has 0 radical (unpaired) electrons. The van der Waals surface area contributed by atoms with E-state index in [1.165, 1.54) is 16.7 Å². The second-order valence-electron chi connectivity index (χ2n) is 4.14. The standard InChI is InChI=1S/C12H16N2O4S/c1-3-7-13-19(16,17)9-5-6-10-11(8-9)18-12(15)14(10)4-2/h5-6,8,13H,3-4,7H2,1-2H3. The second kappa shape index (κ2) is 5.18. The van der Waals surface area contributed by atoms with Crippen LogP contribution in [0, 0.1) is 0 Å². The molecular formula is C12H16N2O4S. The fourth-order valence-corrected chi connectivity index (χ4v) is 2.98. The maximum atomic E-state index is 12.0. The van der Waals surface area contributed by atoms with Crippen molar-refractivity contribution >= 4 is 21.1 Å². The van der Waals surface area contributed by atoms with Crippen LogP contribution in [0.1, 0.15) is 20.3 Å². The molecule has 2 rings (SSSR count). The lowest BCUT2D eigenvalue weighted by Crippen LogP contribution is -2.24. The first kappa shape index (κ1) is 13.8. The molecule has 0 amide bonds. The molecule has 0 aliphatic rings. The van der Waals surface area contributed by atoms with Gasteiger partial charge in [0.1, 0.15) is 0 Å². The molecule has 1 N–H and O–H groups in total. The average Bonchev–Trinajstić information content (AvgIpc) is 2.70. The van der Waals surface area contributed by atoms with Gasteiger partial charge in [-0.3, -0.25) is 4.57 Å². The molecule has 0 atom stereocenters. The molecule has 7 heteroatoms. The van der Waals surface area contributed by atoms with Crippen molar-refractivity contribution in [1.29, 1.82) is 0 Å². The number of rotatable bonds is 5. The molecular weight excluding hydrogens is 268 g/mol. The average molecular weight is 284 g/mol. The van der Waals surface area contributed by atoms with Crippen molar-refractivity contribution < 1.29 is 12.8 Å². The summed E-state index contributed by atoms with van der Waals surface area (Å²) in [4.78, 5) is 11.6. The Bertz CT molecular complexity index is 743. The van der Waals surface area contributed by atoms with Gasteiger partial charge in [-0.2, -0.15) is 0 Å². The Hall–Kier alpha value is -1.60. The summed E-state index contributed by atoms with van der Waals surface area (Å²) in [5.74, 6) is -0.478. The Morgan fingerprint density at radius 1 is 1.32 bits per heavy atom. The van der Waals surface area contributed by atoms with E-state index in [0.717, 1.165) is 0 Å². The lowest BCUT2D eigenvalue weighted by Gasteiger charge is -2.05.